The zero-order valence-corrected chi connectivity index (χ0v) is 9.23. The van der Waals surface area contributed by atoms with E-state index in [4.69, 9.17) is 11.6 Å². The minimum absolute atomic E-state index is 0.0927. The van der Waals surface area contributed by atoms with Crippen LogP contribution in [0.15, 0.2) is 17.4 Å². The van der Waals surface area contributed by atoms with E-state index in [2.05, 4.69) is 16.5 Å². The minimum Gasteiger partial charge on any atom is -0.310 e. The average Bonchev–Trinajstić information content (AvgIpc) is 2.15. The third-order valence-electron chi connectivity index (χ3n) is 2.25. The third kappa shape index (κ3) is 1.51. The van der Waals surface area contributed by atoms with Crippen LogP contribution in [0.4, 0.5) is 4.39 Å². The molecule has 2 aromatic rings. The van der Waals surface area contributed by atoms with Crippen molar-refractivity contribution in [2.24, 2.45) is 0 Å². The number of aromatic nitrogens is 2. The zero-order chi connectivity index (χ0) is 11.9. The maximum absolute atomic E-state index is 13.9. The molecule has 0 aliphatic rings. The average molecular weight is 239 g/mol. The van der Waals surface area contributed by atoms with Crippen LogP contribution in [0.1, 0.15) is 11.4 Å². The molecule has 1 aromatic heterocycles. The van der Waals surface area contributed by atoms with E-state index in [1.54, 1.807) is 6.92 Å². The molecule has 0 fully saturated rings. The van der Waals surface area contributed by atoms with Crippen LogP contribution in [0, 0.1) is 12.7 Å². The van der Waals surface area contributed by atoms with E-state index >= 15 is 0 Å². The maximum atomic E-state index is 13.9. The number of halogens is 2. The van der Waals surface area contributed by atoms with Gasteiger partial charge in [-0.15, -0.1) is 0 Å². The molecule has 16 heavy (non-hydrogen) atoms. The topological polar surface area (TPSA) is 45.8 Å². The fourth-order valence-corrected chi connectivity index (χ4v) is 1.81. The van der Waals surface area contributed by atoms with E-state index in [1.807, 2.05) is 0 Å². The van der Waals surface area contributed by atoms with Crippen molar-refractivity contribution in [2.75, 3.05) is 0 Å². The Labute approximate surface area is 95.6 Å². The highest BCUT2D eigenvalue weighted by Gasteiger charge is 2.14. The van der Waals surface area contributed by atoms with Crippen LogP contribution < -0.4 is 5.56 Å². The van der Waals surface area contributed by atoms with Crippen LogP contribution in [-0.4, -0.2) is 9.97 Å². The summed E-state index contributed by atoms with van der Waals surface area (Å²) >= 11 is 5.85. The van der Waals surface area contributed by atoms with Crippen molar-refractivity contribution in [3.05, 3.63) is 45.2 Å². The molecule has 0 amide bonds. The summed E-state index contributed by atoms with van der Waals surface area (Å²) in [5, 5.41) is 0.0994. The van der Waals surface area contributed by atoms with E-state index < -0.39 is 11.4 Å². The van der Waals surface area contributed by atoms with E-state index in [1.165, 1.54) is 12.1 Å². The zero-order valence-electron chi connectivity index (χ0n) is 8.47. The first kappa shape index (κ1) is 10.8. The van der Waals surface area contributed by atoms with Gasteiger partial charge in [0.2, 0.25) is 0 Å². The van der Waals surface area contributed by atoms with Gasteiger partial charge < -0.3 is 4.98 Å². The van der Waals surface area contributed by atoms with E-state index in [-0.39, 0.29) is 21.5 Å². The molecule has 2 rings (SSSR count). The summed E-state index contributed by atoms with van der Waals surface area (Å²) in [7, 11) is 0. The fourth-order valence-electron chi connectivity index (χ4n) is 1.55. The van der Waals surface area contributed by atoms with Crippen molar-refractivity contribution < 1.29 is 4.39 Å². The summed E-state index contributed by atoms with van der Waals surface area (Å²) in [5.74, 6) is -0.273. The van der Waals surface area contributed by atoms with Gasteiger partial charge in [0.05, 0.1) is 10.5 Å². The Morgan fingerprint density at radius 2 is 2.31 bits per heavy atom. The van der Waals surface area contributed by atoms with Crippen molar-refractivity contribution in [3.63, 3.8) is 0 Å². The molecule has 82 valence electrons. The lowest BCUT2D eigenvalue weighted by molar-refractivity contribution is 0.635. The standard InChI is InChI=1S/C11H8ClFN2O/c1-3-6-7(12)4-8-9(10(6)13)11(16)15-5(2)14-8/h3-4H,1H2,2H3,(H,14,15,16). The number of aryl methyl sites for hydroxylation is 1. The van der Waals surface area contributed by atoms with Crippen LogP contribution in [0.2, 0.25) is 5.02 Å². The lowest BCUT2D eigenvalue weighted by Crippen LogP contribution is -2.12. The molecule has 0 spiro atoms. The first-order valence-electron chi connectivity index (χ1n) is 4.55. The number of nitrogens with one attached hydrogen (secondary N) is 1. The quantitative estimate of drug-likeness (QED) is 0.830. The van der Waals surface area contributed by atoms with Gasteiger partial charge in [0.25, 0.3) is 5.56 Å². The SMILES string of the molecule is C=Cc1c(Cl)cc2nc(C)[nH]c(=O)c2c1F. The summed E-state index contributed by atoms with van der Waals surface area (Å²) < 4.78 is 13.9. The molecule has 1 aromatic carbocycles. The molecule has 3 nitrogen and oxygen atoms in total. The number of H-pyrrole nitrogens is 1. The molecule has 1 heterocycles. The van der Waals surface area contributed by atoms with Gasteiger partial charge in [0.15, 0.2) is 0 Å². The molecule has 0 saturated carbocycles. The second-order valence-corrected chi connectivity index (χ2v) is 3.74. The van der Waals surface area contributed by atoms with Crippen molar-refractivity contribution >= 4 is 28.6 Å². The summed E-state index contributed by atoms with van der Waals surface area (Å²) in [5.41, 5.74) is -0.153. The molecule has 0 saturated heterocycles. The second-order valence-electron chi connectivity index (χ2n) is 3.34. The minimum atomic E-state index is -0.689. The van der Waals surface area contributed by atoms with Crippen molar-refractivity contribution in [1.29, 1.82) is 0 Å². The molecule has 0 bridgehead atoms. The Morgan fingerprint density at radius 3 is 2.94 bits per heavy atom. The van der Waals surface area contributed by atoms with Crippen LogP contribution in [0.5, 0.6) is 0 Å². The Balaban J connectivity index is 3.05. The number of rotatable bonds is 1. The van der Waals surface area contributed by atoms with Crippen molar-refractivity contribution in [1.82, 2.24) is 9.97 Å². The second kappa shape index (κ2) is 3.72. The summed E-state index contributed by atoms with van der Waals surface area (Å²) in [6, 6.07) is 1.46. The van der Waals surface area contributed by atoms with Gasteiger partial charge >= 0.3 is 0 Å². The lowest BCUT2D eigenvalue weighted by Gasteiger charge is -2.05. The largest absolute Gasteiger partial charge is 0.310 e. The molecule has 5 heteroatoms. The summed E-state index contributed by atoms with van der Waals surface area (Å²) in [4.78, 5) is 18.0. The summed E-state index contributed by atoms with van der Waals surface area (Å²) in [6.07, 6.45) is 1.27. The molecule has 0 radical (unpaired) electrons. The van der Waals surface area contributed by atoms with Crippen LogP contribution in [0.3, 0.4) is 0 Å². The van der Waals surface area contributed by atoms with Gasteiger partial charge in [-0.3, -0.25) is 4.79 Å². The molecule has 0 aliphatic carbocycles. The lowest BCUT2D eigenvalue weighted by atomic mass is 10.1. The number of nitrogens with zero attached hydrogens (tertiary/aromatic N) is 1. The highest BCUT2D eigenvalue weighted by Crippen LogP contribution is 2.25. The molecule has 0 atom stereocenters. The maximum Gasteiger partial charge on any atom is 0.261 e. The molecule has 0 aliphatic heterocycles. The van der Waals surface area contributed by atoms with E-state index in [0.29, 0.717) is 5.82 Å². The number of hydrogen-bond donors (Lipinski definition) is 1. The Bertz CT molecular complexity index is 648. The Kier molecular flexibility index (Phi) is 2.52. The van der Waals surface area contributed by atoms with Gasteiger partial charge in [-0.1, -0.05) is 24.3 Å². The predicted octanol–water partition coefficient (Wildman–Crippen LogP) is 2.67. The normalized spacial score (nSPS) is 10.7. The first-order valence-corrected chi connectivity index (χ1v) is 4.93. The summed E-state index contributed by atoms with van der Waals surface area (Å²) in [6.45, 7) is 5.07. The molecule has 0 unspecified atom stereocenters. The van der Waals surface area contributed by atoms with Gasteiger partial charge in [0.1, 0.15) is 17.0 Å². The monoisotopic (exact) mass is 238 g/mol. The van der Waals surface area contributed by atoms with Gasteiger partial charge in [0, 0.05) is 5.56 Å². The smallest absolute Gasteiger partial charge is 0.261 e. The fraction of sp³-hybridized carbons (Fsp3) is 0.0909. The number of benzene rings is 1. The third-order valence-corrected chi connectivity index (χ3v) is 2.56. The molecule has 1 N–H and O–H groups in total. The van der Waals surface area contributed by atoms with Gasteiger partial charge in [-0.05, 0) is 13.0 Å². The van der Waals surface area contributed by atoms with Crippen molar-refractivity contribution in [2.45, 2.75) is 6.92 Å². The van der Waals surface area contributed by atoms with E-state index in [0.717, 1.165) is 0 Å². The Hall–Kier alpha value is -1.68. The first-order chi connectivity index (χ1) is 7.54. The molecular weight excluding hydrogens is 231 g/mol. The van der Waals surface area contributed by atoms with E-state index in [9.17, 15) is 9.18 Å². The highest BCUT2D eigenvalue weighted by atomic mass is 35.5. The number of aromatic amines is 1. The van der Waals surface area contributed by atoms with Crippen LogP contribution in [0.25, 0.3) is 17.0 Å². The Morgan fingerprint density at radius 1 is 1.62 bits per heavy atom. The van der Waals surface area contributed by atoms with Crippen molar-refractivity contribution in [3.8, 4) is 0 Å². The van der Waals surface area contributed by atoms with Gasteiger partial charge in [-0.2, -0.15) is 0 Å². The van der Waals surface area contributed by atoms with Crippen LogP contribution in [-0.2, 0) is 0 Å². The number of fused-ring (bicyclic) bond motifs is 1. The molecular formula is C11H8ClFN2O. The highest BCUT2D eigenvalue weighted by molar-refractivity contribution is 6.32. The van der Waals surface area contributed by atoms with Crippen LogP contribution >= 0.6 is 11.6 Å². The number of hydrogen-bond acceptors (Lipinski definition) is 2. The predicted molar refractivity (Wildman–Crippen MR) is 62.2 cm³/mol. The van der Waals surface area contributed by atoms with Gasteiger partial charge in [-0.25, -0.2) is 9.37 Å².